The Labute approximate surface area is 114 Å². The van der Waals surface area contributed by atoms with E-state index in [1.54, 1.807) is 11.3 Å². The lowest BCUT2D eigenvalue weighted by atomic mass is 10.3. The third-order valence-electron chi connectivity index (χ3n) is 2.70. The first kappa shape index (κ1) is 11.9. The Hall–Kier alpha value is -2.21. The van der Waals surface area contributed by atoms with Gasteiger partial charge in [0.15, 0.2) is 11.6 Å². The van der Waals surface area contributed by atoms with Gasteiger partial charge in [-0.25, -0.2) is 15.0 Å². The van der Waals surface area contributed by atoms with Crippen LogP contribution < -0.4 is 11.1 Å². The van der Waals surface area contributed by atoms with Gasteiger partial charge in [-0.3, -0.25) is 0 Å². The maximum absolute atomic E-state index is 5.91. The Morgan fingerprint density at radius 1 is 1.21 bits per heavy atom. The molecule has 19 heavy (non-hydrogen) atoms. The van der Waals surface area contributed by atoms with Crippen LogP contribution in [0.5, 0.6) is 0 Å². The standard InChI is InChI=1S/C13H13N5S/c1-8-15-6-9(19-8)7-16-13-12(14)17-10-4-2-3-5-11(10)18-13/h2-6H,7H2,1H3,(H2,14,17)(H,16,18). The van der Waals surface area contributed by atoms with Crippen LogP contribution in [-0.2, 0) is 6.54 Å². The van der Waals surface area contributed by atoms with E-state index in [4.69, 9.17) is 5.73 Å². The minimum atomic E-state index is 0.417. The van der Waals surface area contributed by atoms with Crippen molar-refractivity contribution < 1.29 is 0 Å². The predicted octanol–water partition coefficient (Wildman–Crippen LogP) is 2.59. The summed E-state index contributed by atoms with van der Waals surface area (Å²) in [6.07, 6.45) is 1.86. The van der Waals surface area contributed by atoms with Crippen molar-refractivity contribution >= 4 is 34.0 Å². The van der Waals surface area contributed by atoms with Crippen LogP contribution in [0.25, 0.3) is 11.0 Å². The fourth-order valence-electron chi connectivity index (χ4n) is 1.80. The van der Waals surface area contributed by atoms with Gasteiger partial charge in [-0.15, -0.1) is 11.3 Å². The number of anilines is 2. The van der Waals surface area contributed by atoms with E-state index in [2.05, 4.69) is 20.3 Å². The number of rotatable bonds is 3. The molecule has 0 amide bonds. The fraction of sp³-hybridized carbons (Fsp3) is 0.154. The molecular weight excluding hydrogens is 258 g/mol. The number of hydrogen-bond acceptors (Lipinski definition) is 6. The molecule has 3 N–H and O–H groups in total. The first-order valence-electron chi connectivity index (χ1n) is 5.90. The summed E-state index contributed by atoms with van der Waals surface area (Å²) in [6.45, 7) is 2.64. The van der Waals surface area contributed by atoms with Crippen LogP contribution in [0.2, 0.25) is 0 Å². The number of aromatic nitrogens is 3. The van der Waals surface area contributed by atoms with Gasteiger partial charge in [-0.1, -0.05) is 12.1 Å². The van der Waals surface area contributed by atoms with Gasteiger partial charge in [-0.2, -0.15) is 0 Å². The number of nitrogens with two attached hydrogens (primary N) is 1. The van der Waals surface area contributed by atoms with Crippen LogP contribution in [0, 0.1) is 6.92 Å². The van der Waals surface area contributed by atoms with Gasteiger partial charge in [0.2, 0.25) is 0 Å². The molecule has 5 nitrogen and oxygen atoms in total. The minimum Gasteiger partial charge on any atom is -0.381 e. The molecule has 3 aromatic rings. The smallest absolute Gasteiger partial charge is 0.169 e. The van der Waals surface area contributed by atoms with E-state index in [1.807, 2.05) is 37.4 Å². The number of nitrogens with one attached hydrogen (secondary N) is 1. The Bertz CT molecular complexity index is 722. The van der Waals surface area contributed by atoms with E-state index < -0.39 is 0 Å². The molecule has 96 valence electrons. The number of hydrogen-bond donors (Lipinski definition) is 2. The second-order valence-corrected chi connectivity index (χ2v) is 5.46. The van der Waals surface area contributed by atoms with Gasteiger partial charge < -0.3 is 11.1 Å². The lowest BCUT2D eigenvalue weighted by Gasteiger charge is -2.07. The summed E-state index contributed by atoms with van der Waals surface area (Å²) in [7, 11) is 0. The number of aryl methyl sites for hydroxylation is 1. The van der Waals surface area contributed by atoms with Crippen molar-refractivity contribution in [1.29, 1.82) is 0 Å². The maximum atomic E-state index is 5.91. The molecule has 2 aromatic heterocycles. The van der Waals surface area contributed by atoms with Crippen LogP contribution >= 0.6 is 11.3 Å². The predicted molar refractivity (Wildman–Crippen MR) is 78.1 cm³/mol. The number of nitrogens with zero attached hydrogens (tertiary/aromatic N) is 3. The average molecular weight is 271 g/mol. The summed E-state index contributed by atoms with van der Waals surface area (Å²) in [5, 5.41) is 4.26. The van der Waals surface area contributed by atoms with Gasteiger partial charge in [-0.05, 0) is 19.1 Å². The Balaban J connectivity index is 1.86. The second kappa shape index (κ2) is 4.81. The Morgan fingerprint density at radius 2 is 1.95 bits per heavy atom. The number of fused-ring (bicyclic) bond motifs is 1. The highest BCUT2D eigenvalue weighted by atomic mass is 32.1. The molecular formula is C13H13N5S. The van der Waals surface area contributed by atoms with E-state index >= 15 is 0 Å². The van der Waals surface area contributed by atoms with Gasteiger partial charge in [0.25, 0.3) is 0 Å². The SMILES string of the molecule is Cc1ncc(CNc2nc3ccccc3nc2N)s1. The van der Waals surface area contributed by atoms with Crippen molar-refractivity contribution in [3.8, 4) is 0 Å². The molecule has 0 saturated carbocycles. The normalized spacial score (nSPS) is 10.8. The fourth-order valence-corrected chi connectivity index (χ4v) is 2.54. The number of thiazole rings is 1. The highest BCUT2D eigenvalue weighted by Crippen LogP contribution is 2.20. The van der Waals surface area contributed by atoms with Crippen LogP contribution in [-0.4, -0.2) is 15.0 Å². The van der Waals surface area contributed by atoms with Gasteiger partial charge >= 0.3 is 0 Å². The van der Waals surface area contributed by atoms with Crippen molar-refractivity contribution in [2.75, 3.05) is 11.1 Å². The Morgan fingerprint density at radius 3 is 2.63 bits per heavy atom. The molecule has 0 aliphatic heterocycles. The molecule has 0 saturated heterocycles. The van der Waals surface area contributed by atoms with E-state index in [1.165, 1.54) is 0 Å². The van der Waals surface area contributed by atoms with E-state index in [-0.39, 0.29) is 0 Å². The molecule has 2 heterocycles. The lowest BCUT2D eigenvalue weighted by Crippen LogP contribution is -2.05. The third kappa shape index (κ3) is 2.48. The molecule has 0 atom stereocenters. The number of benzene rings is 1. The summed E-state index contributed by atoms with van der Waals surface area (Å²) >= 11 is 1.65. The van der Waals surface area contributed by atoms with Crippen LogP contribution in [0.4, 0.5) is 11.6 Å². The molecule has 1 aromatic carbocycles. The van der Waals surface area contributed by atoms with Gasteiger partial charge in [0.1, 0.15) is 0 Å². The quantitative estimate of drug-likeness (QED) is 0.765. The molecule has 6 heteroatoms. The number of nitrogen functional groups attached to an aromatic ring is 1. The topological polar surface area (TPSA) is 76.7 Å². The lowest BCUT2D eigenvalue weighted by molar-refractivity contribution is 1.13. The molecule has 0 aliphatic carbocycles. The average Bonchev–Trinajstić information content (AvgIpc) is 2.82. The summed E-state index contributed by atoms with van der Waals surface area (Å²) in [5.74, 6) is 1.03. The van der Waals surface area contributed by atoms with Crippen molar-refractivity contribution in [3.63, 3.8) is 0 Å². The minimum absolute atomic E-state index is 0.417. The summed E-state index contributed by atoms with van der Waals surface area (Å²) < 4.78 is 0. The summed E-state index contributed by atoms with van der Waals surface area (Å²) in [5.41, 5.74) is 7.55. The zero-order valence-electron chi connectivity index (χ0n) is 10.4. The van der Waals surface area contributed by atoms with Gasteiger partial charge in [0.05, 0.1) is 22.6 Å². The van der Waals surface area contributed by atoms with Crippen LogP contribution in [0.1, 0.15) is 9.88 Å². The Kier molecular flexibility index (Phi) is 3.00. The first-order chi connectivity index (χ1) is 9.22. The molecule has 0 spiro atoms. The van der Waals surface area contributed by atoms with Crippen molar-refractivity contribution in [2.24, 2.45) is 0 Å². The zero-order valence-corrected chi connectivity index (χ0v) is 11.2. The van der Waals surface area contributed by atoms with E-state index in [0.29, 0.717) is 18.2 Å². The summed E-state index contributed by atoms with van der Waals surface area (Å²) in [6, 6.07) is 7.67. The van der Waals surface area contributed by atoms with Crippen molar-refractivity contribution in [1.82, 2.24) is 15.0 Å². The van der Waals surface area contributed by atoms with Crippen molar-refractivity contribution in [3.05, 3.63) is 40.3 Å². The molecule has 0 fully saturated rings. The van der Waals surface area contributed by atoms with E-state index in [0.717, 1.165) is 20.9 Å². The van der Waals surface area contributed by atoms with E-state index in [9.17, 15) is 0 Å². The summed E-state index contributed by atoms with van der Waals surface area (Å²) in [4.78, 5) is 14.2. The monoisotopic (exact) mass is 271 g/mol. The van der Waals surface area contributed by atoms with Crippen LogP contribution in [0.15, 0.2) is 30.5 Å². The first-order valence-corrected chi connectivity index (χ1v) is 6.71. The third-order valence-corrected chi connectivity index (χ3v) is 3.61. The molecule has 0 unspecified atom stereocenters. The highest BCUT2D eigenvalue weighted by molar-refractivity contribution is 7.11. The second-order valence-electron chi connectivity index (χ2n) is 4.15. The molecule has 0 bridgehead atoms. The largest absolute Gasteiger partial charge is 0.381 e. The van der Waals surface area contributed by atoms with Crippen LogP contribution in [0.3, 0.4) is 0 Å². The molecule has 0 radical (unpaired) electrons. The molecule has 3 rings (SSSR count). The maximum Gasteiger partial charge on any atom is 0.169 e. The van der Waals surface area contributed by atoms with Crippen molar-refractivity contribution in [2.45, 2.75) is 13.5 Å². The molecule has 0 aliphatic rings. The highest BCUT2D eigenvalue weighted by Gasteiger charge is 2.06. The zero-order chi connectivity index (χ0) is 13.2. The van der Waals surface area contributed by atoms with Gasteiger partial charge in [0, 0.05) is 11.1 Å². The number of para-hydroxylation sites is 2.